The summed E-state index contributed by atoms with van der Waals surface area (Å²) in [4.78, 5) is 18.2. The lowest BCUT2D eigenvalue weighted by Gasteiger charge is -2.13. The molecule has 5 nitrogen and oxygen atoms in total. The smallest absolute Gasteiger partial charge is 0.255 e. The van der Waals surface area contributed by atoms with Gasteiger partial charge >= 0.3 is 0 Å². The summed E-state index contributed by atoms with van der Waals surface area (Å²) in [6.45, 7) is -0.0738. The standard InChI is InChI=1S/C15H16ClN3O2/c1-19(2)14-8-11(7-13(16)18-14)15(21)17-12-5-3-4-10(6-12)9-20/h3-8,20H,9H2,1-2H3,(H,17,21). The molecule has 1 heterocycles. The Bertz CT molecular complexity index is 659. The van der Waals surface area contributed by atoms with Crippen LogP contribution in [0.25, 0.3) is 0 Å². The van der Waals surface area contributed by atoms with Gasteiger partial charge in [0, 0.05) is 25.3 Å². The van der Waals surface area contributed by atoms with E-state index in [0.29, 0.717) is 17.1 Å². The summed E-state index contributed by atoms with van der Waals surface area (Å²) in [5.74, 6) is 0.328. The van der Waals surface area contributed by atoms with E-state index in [0.717, 1.165) is 5.56 Å². The van der Waals surface area contributed by atoms with Crippen molar-refractivity contribution in [2.24, 2.45) is 0 Å². The first-order valence-electron chi connectivity index (χ1n) is 6.35. The number of pyridine rings is 1. The van der Waals surface area contributed by atoms with Gasteiger partial charge in [-0.05, 0) is 29.8 Å². The fourth-order valence-electron chi connectivity index (χ4n) is 1.79. The van der Waals surface area contributed by atoms with Crippen molar-refractivity contribution in [3.05, 3.63) is 52.7 Å². The number of nitrogens with zero attached hydrogens (tertiary/aromatic N) is 2. The van der Waals surface area contributed by atoms with Crippen LogP contribution in [0.15, 0.2) is 36.4 Å². The number of carbonyl (C=O) groups excluding carboxylic acids is 1. The van der Waals surface area contributed by atoms with E-state index in [1.807, 2.05) is 14.1 Å². The first-order valence-corrected chi connectivity index (χ1v) is 6.73. The molecule has 1 amide bonds. The summed E-state index contributed by atoms with van der Waals surface area (Å²) in [7, 11) is 3.65. The molecule has 6 heteroatoms. The topological polar surface area (TPSA) is 65.5 Å². The highest BCUT2D eigenvalue weighted by atomic mass is 35.5. The molecule has 0 aliphatic heterocycles. The lowest BCUT2D eigenvalue weighted by Crippen LogP contribution is -2.15. The van der Waals surface area contributed by atoms with Crippen LogP contribution < -0.4 is 10.2 Å². The summed E-state index contributed by atoms with van der Waals surface area (Å²) in [5.41, 5.74) is 1.77. The van der Waals surface area contributed by atoms with Crippen molar-refractivity contribution in [2.45, 2.75) is 6.61 Å². The van der Waals surface area contributed by atoms with Gasteiger partial charge < -0.3 is 15.3 Å². The maximum Gasteiger partial charge on any atom is 0.255 e. The highest BCUT2D eigenvalue weighted by molar-refractivity contribution is 6.30. The molecule has 2 N–H and O–H groups in total. The van der Waals surface area contributed by atoms with Gasteiger partial charge in [0.05, 0.1) is 6.61 Å². The molecule has 0 saturated carbocycles. The molecule has 0 unspecified atom stereocenters. The van der Waals surface area contributed by atoms with Crippen LogP contribution in [-0.2, 0) is 6.61 Å². The molecular weight excluding hydrogens is 290 g/mol. The van der Waals surface area contributed by atoms with Crippen molar-refractivity contribution < 1.29 is 9.90 Å². The average Bonchev–Trinajstić information content (AvgIpc) is 2.46. The van der Waals surface area contributed by atoms with Crippen LogP contribution in [0.4, 0.5) is 11.5 Å². The third-order valence-electron chi connectivity index (χ3n) is 2.87. The second kappa shape index (κ2) is 6.56. The van der Waals surface area contributed by atoms with Gasteiger partial charge in [-0.1, -0.05) is 23.7 Å². The number of hydrogen-bond acceptors (Lipinski definition) is 4. The fraction of sp³-hybridized carbons (Fsp3) is 0.200. The molecule has 2 rings (SSSR count). The number of aromatic nitrogens is 1. The van der Waals surface area contributed by atoms with Crippen LogP contribution in [0.5, 0.6) is 0 Å². The van der Waals surface area contributed by atoms with Crippen molar-refractivity contribution >= 4 is 29.0 Å². The monoisotopic (exact) mass is 305 g/mol. The molecule has 0 atom stereocenters. The molecule has 0 aliphatic rings. The van der Waals surface area contributed by atoms with Crippen LogP contribution >= 0.6 is 11.6 Å². The minimum absolute atomic E-state index is 0.0738. The normalized spacial score (nSPS) is 10.3. The molecule has 110 valence electrons. The predicted molar refractivity (Wildman–Crippen MR) is 83.9 cm³/mol. The molecule has 0 spiro atoms. The van der Waals surface area contributed by atoms with E-state index < -0.39 is 0 Å². The summed E-state index contributed by atoms with van der Waals surface area (Å²) in [6, 6.07) is 10.2. The maximum absolute atomic E-state index is 12.3. The molecule has 2 aromatic rings. The highest BCUT2D eigenvalue weighted by Crippen LogP contribution is 2.18. The van der Waals surface area contributed by atoms with E-state index in [1.54, 1.807) is 35.2 Å². The number of carbonyl (C=O) groups is 1. The van der Waals surface area contributed by atoms with Gasteiger partial charge in [0.15, 0.2) is 0 Å². The maximum atomic E-state index is 12.3. The molecule has 1 aromatic carbocycles. The molecule has 0 aliphatic carbocycles. The number of nitrogens with one attached hydrogen (secondary N) is 1. The zero-order chi connectivity index (χ0) is 15.4. The summed E-state index contributed by atoms with van der Waals surface area (Å²) in [6.07, 6.45) is 0. The van der Waals surface area contributed by atoms with Crippen LogP contribution in [-0.4, -0.2) is 30.1 Å². The van der Waals surface area contributed by atoms with Gasteiger partial charge in [-0.15, -0.1) is 0 Å². The number of anilines is 2. The second-order valence-electron chi connectivity index (χ2n) is 4.74. The third-order valence-corrected chi connectivity index (χ3v) is 3.06. The van der Waals surface area contributed by atoms with E-state index in [2.05, 4.69) is 10.3 Å². The second-order valence-corrected chi connectivity index (χ2v) is 5.13. The first kappa shape index (κ1) is 15.3. The number of benzene rings is 1. The Balaban J connectivity index is 2.23. The Morgan fingerprint density at radius 2 is 2.10 bits per heavy atom. The van der Waals surface area contributed by atoms with Crippen LogP contribution in [0.2, 0.25) is 5.15 Å². The molecular formula is C15H16ClN3O2. The molecule has 1 aromatic heterocycles. The molecule has 0 saturated heterocycles. The van der Waals surface area contributed by atoms with E-state index in [-0.39, 0.29) is 17.7 Å². The largest absolute Gasteiger partial charge is 0.392 e. The minimum Gasteiger partial charge on any atom is -0.392 e. The van der Waals surface area contributed by atoms with Crippen molar-refractivity contribution in [1.82, 2.24) is 4.98 Å². The van der Waals surface area contributed by atoms with Gasteiger partial charge in [-0.25, -0.2) is 4.98 Å². The Morgan fingerprint density at radius 3 is 2.76 bits per heavy atom. The van der Waals surface area contributed by atoms with E-state index in [9.17, 15) is 4.79 Å². The van der Waals surface area contributed by atoms with E-state index >= 15 is 0 Å². The van der Waals surface area contributed by atoms with Gasteiger partial charge in [-0.3, -0.25) is 4.79 Å². The zero-order valence-electron chi connectivity index (χ0n) is 11.8. The van der Waals surface area contributed by atoms with E-state index in [1.165, 1.54) is 6.07 Å². The summed E-state index contributed by atoms with van der Waals surface area (Å²) in [5, 5.41) is 12.1. The first-order chi connectivity index (χ1) is 9.99. The number of aliphatic hydroxyl groups excluding tert-OH is 1. The number of halogens is 1. The number of aliphatic hydroxyl groups is 1. The van der Waals surface area contributed by atoms with Crippen LogP contribution in [0.3, 0.4) is 0 Å². The predicted octanol–water partition coefficient (Wildman–Crippen LogP) is 2.55. The summed E-state index contributed by atoms with van der Waals surface area (Å²) >= 11 is 5.94. The minimum atomic E-state index is -0.280. The van der Waals surface area contributed by atoms with Crippen LogP contribution in [0.1, 0.15) is 15.9 Å². The number of hydrogen-bond donors (Lipinski definition) is 2. The lowest BCUT2D eigenvalue weighted by molar-refractivity contribution is 0.102. The van der Waals surface area contributed by atoms with Crippen molar-refractivity contribution in [3.63, 3.8) is 0 Å². The number of rotatable bonds is 4. The molecule has 21 heavy (non-hydrogen) atoms. The van der Waals surface area contributed by atoms with Crippen LogP contribution in [0, 0.1) is 0 Å². The lowest BCUT2D eigenvalue weighted by atomic mass is 10.2. The Labute approximate surface area is 128 Å². The summed E-state index contributed by atoms with van der Waals surface area (Å²) < 4.78 is 0. The Hall–Kier alpha value is -2.11. The van der Waals surface area contributed by atoms with Crippen molar-refractivity contribution in [2.75, 3.05) is 24.3 Å². The Morgan fingerprint density at radius 1 is 1.33 bits per heavy atom. The van der Waals surface area contributed by atoms with Gasteiger partial charge in [0.2, 0.25) is 0 Å². The quantitative estimate of drug-likeness (QED) is 0.852. The van der Waals surface area contributed by atoms with Gasteiger partial charge in [0.25, 0.3) is 5.91 Å². The molecule has 0 bridgehead atoms. The fourth-order valence-corrected chi connectivity index (χ4v) is 2.00. The van der Waals surface area contributed by atoms with Crippen molar-refractivity contribution in [3.8, 4) is 0 Å². The van der Waals surface area contributed by atoms with Gasteiger partial charge in [-0.2, -0.15) is 0 Å². The van der Waals surface area contributed by atoms with Crippen molar-refractivity contribution in [1.29, 1.82) is 0 Å². The zero-order valence-corrected chi connectivity index (χ0v) is 12.6. The van der Waals surface area contributed by atoms with Gasteiger partial charge in [0.1, 0.15) is 11.0 Å². The number of amides is 1. The molecule has 0 radical (unpaired) electrons. The highest BCUT2D eigenvalue weighted by Gasteiger charge is 2.11. The SMILES string of the molecule is CN(C)c1cc(C(=O)Nc2cccc(CO)c2)cc(Cl)n1. The average molecular weight is 306 g/mol. The molecule has 0 fully saturated rings. The van der Waals surface area contributed by atoms with E-state index in [4.69, 9.17) is 16.7 Å². The Kier molecular flexibility index (Phi) is 4.77. The third kappa shape index (κ3) is 3.93.